The Kier molecular flexibility index (Phi) is 4.97. The number of carbonyl (C=O) groups excluding carboxylic acids is 1. The summed E-state index contributed by atoms with van der Waals surface area (Å²) in [5.41, 5.74) is 0.897. The molecule has 1 aliphatic heterocycles. The second kappa shape index (κ2) is 7.35. The van der Waals surface area contributed by atoms with Gasteiger partial charge in [-0.3, -0.25) is 4.79 Å². The lowest BCUT2D eigenvalue weighted by molar-refractivity contribution is -0.144. The number of fused-ring (bicyclic) bond motifs is 1. The van der Waals surface area contributed by atoms with Crippen LogP contribution in [0.3, 0.4) is 0 Å². The smallest absolute Gasteiger partial charge is 0.346 e. The van der Waals surface area contributed by atoms with Crippen molar-refractivity contribution < 1.29 is 28.9 Å². The van der Waals surface area contributed by atoms with Gasteiger partial charge in [0, 0.05) is 5.56 Å². The first-order valence-electron chi connectivity index (χ1n) is 8.16. The highest BCUT2D eigenvalue weighted by molar-refractivity contribution is 6.08. The number of anilines is 1. The van der Waals surface area contributed by atoms with Gasteiger partial charge in [-0.05, 0) is 37.3 Å². The molecular weight excluding hydrogens is 338 g/mol. The molecule has 3 rings (SSSR count). The average Bonchev–Trinajstić information content (AvgIpc) is 2.67. The van der Waals surface area contributed by atoms with E-state index in [1.807, 2.05) is 6.92 Å². The number of aliphatic carboxylic acids is 1. The fourth-order valence-electron chi connectivity index (χ4n) is 2.79. The van der Waals surface area contributed by atoms with Crippen molar-refractivity contribution in [3.8, 4) is 17.2 Å². The molecular formula is C19H19NO6. The third-order valence-electron chi connectivity index (χ3n) is 4.00. The summed E-state index contributed by atoms with van der Waals surface area (Å²) in [6.45, 7) is 2.25. The summed E-state index contributed by atoms with van der Waals surface area (Å²) >= 11 is 0. The molecule has 136 valence electrons. The minimum absolute atomic E-state index is 0.0826. The standard InChI is InChI=1S/C19H19NO6/c1-3-25-15-9-8-12(10-16(15)24-2)18(21)20-11-17(19(22)23)26-14-7-5-4-6-13(14)20/h4-10,17H,3,11H2,1-2H3,(H,22,23)/t17-/m0/s1. The third kappa shape index (κ3) is 3.28. The van der Waals surface area contributed by atoms with Crippen molar-refractivity contribution in [3.05, 3.63) is 48.0 Å². The van der Waals surface area contributed by atoms with Crippen LogP contribution in [-0.4, -0.2) is 43.3 Å². The molecule has 0 saturated heterocycles. The Balaban J connectivity index is 1.97. The number of amides is 1. The molecule has 0 bridgehead atoms. The molecule has 1 heterocycles. The molecule has 26 heavy (non-hydrogen) atoms. The second-order valence-electron chi connectivity index (χ2n) is 5.63. The topological polar surface area (TPSA) is 85.3 Å². The van der Waals surface area contributed by atoms with Crippen molar-refractivity contribution in [1.82, 2.24) is 0 Å². The Labute approximate surface area is 150 Å². The van der Waals surface area contributed by atoms with E-state index in [1.165, 1.54) is 12.0 Å². The van der Waals surface area contributed by atoms with Gasteiger partial charge in [0.15, 0.2) is 11.5 Å². The fourth-order valence-corrected chi connectivity index (χ4v) is 2.79. The highest BCUT2D eigenvalue weighted by atomic mass is 16.5. The zero-order chi connectivity index (χ0) is 18.7. The minimum Gasteiger partial charge on any atom is -0.493 e. The maximum atomic E-state index is 13.0. The molecule has 0 aromatic heterocycles. The number of hydrogen-bond donors (Lipinski definition) is 1. The van der Waals surface area contributed by atoms with Gasteiger partial charge in [-0.2, -0.15) is 0 Å². The SMILES string of the molecule is CCOc1ccc(C(=O)N2C[C@@H](C(=O)O)Oc3ccccc32)cc1OC. The number of carboxylic acids is 1. The summed E-state index contributed by atoms with van der Waals surface area (Å²) in [5.74, 6) is -0.126. The van der Waals surface area contributed by atoms with Crippen molar-refractivity contribution in [1.29, 1.82) is 0 Å². The average molecular weight is 357 g/mol. The minimum atomic E-state index is -1.13. The molecule has 1 N–H and O–H groups in total. The van der Waals surface area contributed by atoms with Gasteiger partial charge in [-0.25, -0.2) is 4.79 Å². The van der Waals surface area contributed by atoms with Gasteiger partial charge in [0.25, 0.3) is 5.91 Å². The Hall–Kier alpha value is -3.22. The van der Waals surface area contributed by atoms with Crippen molar-refractivity contribution in [2.24, 2.45) is 0 Å². The van der Waals surface area contributed by atoms with Gasteiger partial charge in [-0.15, -0.1) is 0 Å². The van der Waals surface area contributed by atoms with Crippen LogP contribution in [0, 0.1) is 0 Å². The third-order valence-corrected chi connectivity index (χ3v) is 4.00. The first-order chi connectivity index (χ1) is 12.5. The van der Waals surface area contributed by atoms with Crippen molar-refractivity contribution in [2.45, 2.75) is 13.0 Å². The molecule has 7 nitrogen and oxygen atoms in total. The van der Waals surface area contributed by atoms with E-state index in [0.717, 1.165) is 0 Å². The molecule has 2 aromatic rings. The maximum absolute atomic E-state index is 13.0. The lowest BCUT2D eigenvalue weighted by atomic mass is 10.1. The highest BCUT2D eigenvalue weighted by Crippen LogP contribution is 2.35. The number of methoxy groups -OCH3 is 1. The Morgan fingerprint density at radius 3 is 2.69 bits per heavy atom. The zero-order valence-electron chi connectivity index (χ0n) is 14.5. The van der Waals surface area contributed by atoms with Gasteiger partial charge < -0.3 is 24.2 Å². The van der Waals surface area contributed by atoms with Crippen LogP contribution in [0.1, 0.15) is 17.3 Å². The predicted molar refractivity (Wildman–Crippen MR) is 94.3 cm³/mol. The number of ether oxygens (including phenoxy) is 3. The van der Waals surface area contributed by atoms with E-state index in [9.17, 15) is 14.7 Å². The molecule has 0 aliphatic carbocycles. The molecule has 0 unspecified atom stereocenters. The number of carbonyl (C=O) groups is 2. The molecule has 1 amide bonds. The summed E-state index contributed by atoms with van der Waals surface area (Å²) in [5, 5.41) is 9.31. The van der Waals surface area contributed by atoms with E-state index in [-0.39, 0.29) is 12.5 Å². The van der Waals surface area contributed by atoms with Gasteiger partial charge in [-0.1, -0.05) is 12.1 Å². The van der Waals surface area contributed by atoms with Crippen LogP contribution in [0.5, 0.6) is 17.2 Å². The normalized spacial score (nSPS) is 15.6. The Morgan fingerprint density at radius 2 is 2.00 bits per heavy atom. The molecule has 2 aromatic carbocycles. The summed E-state index contributed by atoms with van der Waals surface area (Å²) in [7, 11) is 1.50. The van der Waals surface area contributed by atoms with Gasteiger partial charge >= 0.3 is 5.97 Å². The summed E-state index contributed by atoms with van der Waals surface area (Å²) < 4.78 is 16.2. The van der Waals surface area contributed by atoms with E-state index >= 15 is 0 Å². The van der Waals surface area contributed by atoms with Gasteiger partial charge in [0.2, 0.25) is 6.10 Å². The van der Waals surface area contributed by atoms with E-state index in [4.69, 9.17) is 14.2 Å². The molecule has 0 saturated carbocycles. The van der Waals surface area contributed by atoms with E-state index < -0.39 is 12.1 Å². The molecule has 0 fully saturated rings. The van der Waals surface area contributed by atoms with E-state index in [1.54, 1.807) is 42.5 Å². The van der Waals surface area contributed by atoms with Crippen LogP contribution in [0.4, 0.5) is 5.69 Å². The lowest BCUT2D eigenvalue weighted by Crippen LogP contribution is -2.47. The van der Waals surface area contributed by atoms with Crippen molar-refractivity contribution >= 4 is 17.6 Å². The number of nitrogens with zero attached hydrogens (tertiary/aromatic N) is 1. The number of benzene rings is 2. The van der Waals surface area contributed by atoms with Crippen molar-refractivity contribution in [3.63, 3.8) is 0 Å². The monoisotopic (exact) mass is 357 g/mol. The number of carboxylic acid groups (broad SMARTS) is 1. The zero-order valence-corrected chi connectivity index (χ0v) is 14.5. The second-order valence-corrected chi connectivity index (χ2v) is 5.63. The fraction of sp³-hybridized carbons (Fsp3) is 0.263. The maximum Gasteiger partial charge on any atom is 0.346 e. The molecule has 1 atom stereocenters. The van der Waals surface area contributed by atoms with Gasteiger partial charge in [0.1, 0.15) is 5.75 Å². The Bertz CT molecular complexity index is 835. The Morgan fingerprint density at radius 1 is 1.23 bits per heavy atom. The van der Waals surface area contributed by atoms with Crippen LogP contribution < -0.4 is 19.1 Å². The van der Waals surface area contributed by atoms with Crippen LogP contribution in [0.15, 0.2) is 42.5 Å². The van der Waals surface area contributed by atoms with Gasteiger partial charge in [0.05, 0.1) is 25.9 Å². The summed E-state index contributed by atoms with van der Waals surface area (Å²) in [6.07, 6.45) is -1.13. The van der Waals surface area contributed by atoms with Crippen LogP contribution in [0.2, 0.25) is 0 Å². The van der Waals surface area contributed by atoms with Crippen LogP contribution >= 0.6 is 0 Å². The number of rotatable bonds is 5. The van der Waals surface area contributed by atoms with Crippen LogP contribution in [-0.2, 0) is 4.79 Å². The first kappa shape index (κ1) is 17.6. The number of hydrogen-bond acceptors (Lipinski definition) is 5. The number of para-hydroxylation sites is 2. The highest BCUT2D eigenvalue weighted by Gasteiger charge is 2.34. The molecule has 1 aliphatic rings. The van der Waals surface area contributed by atoms with E-state index in [2.05, 4.69) is 0 Å². The largest absolute Gasteiger partial charge is 0.493 e. The quantitative estimate of drug-likeness (QED) is 0.885. The first-order valence-corrected chi connectivity index (χ1v) is 8.16. The lowest BCUT2D eigenvalue weighted by Gasteiger charge is -2.33. The van der Waals surface area contributed by atoms with Crippen molar-refractivity contribution in [2.75, 3.05) is 25.2 Å². The van der Waals surface area contributed by atoms with Crippen LogP contribution in [0.25, 0.3) is 0 Å². The van der Waals surface area contributed by atoms with E-state index in [0.29, 0.717) is 35.1 Å². The predicted octanol–water partition coefficient (Wildman–Crippen LogP) is 2.59. The summed E-state index contributed by atoms with van der Waals surface area (Å²) in [6, 6.07) is 11.7. The summed E-state index contributed by atoms with van der Waals surface area (Å²) in [4.78, 5) is 25.8. The molecule has 7 heteroatoms. The molecule has 0 spiro atoms. The molecule has 0 radical (unpaired) electrons.